The summed E-state index contributed by atoms with van der Waals surface area (Å²) in [6.07, 6.45) is 2.90. The molecular weight excluding hydrogens is 438 g/mol. The van der Waals surface area contributed by atoms with Gasteiger partial charge in [0.15, 0.2) is 0 Å². The number of hydrogen-bond donors (Lipinski definition) is 3. The van der Waals surface area contributed by atoms with Crippen molar-refractivity contribution in [3.63, 3.8) is 0 Å². The molecule has 5 rings (SSSR count). The predicted octanol–water partition coefficient (Wildman–Crippen LogP) is 4.53. The third kappa shape index (κ3) is 5.41. The largest absolute Gasteiger partial charge is 0.387 e. The zero-order chi connectivity index (χ0) is 24.2. The Labute approximate surface area is 203 Å². The first-order valence-electron chi connectivity index (χ1n) is 12.0. The Morgan fingerprint density at radius 1 is 1.03 bits per heavy atom. The number of amidine groups is 1. The smallest absolute Gasteiger partial charge is 0.347 e. The number of H-pyrrole nitrogens is 1. The molecule has 1 atom stereocenters. The van der Waals surface area contributed by atoms with E-state index in [0.29, 0.717) is 17.0 Å². The van der Waals surface area contributed by atoms with E-state index < -0.39 is 6.03 Å². The van der Waals surface area contributed by atoms with Crippen LogP contribution in [-0.2, 0) is 6.42 Å². The Kier molecular flexibility index (Phi) is 6.59. The van der Waals surface area contributed by atoms with Gasteiger partial charge in [-0.3, -0.25) is 4.79 Å². The van der Waals surface area contributed by atoms with E-state index in [2.05, 4.69) is 62.7 Å². The molecule has 7 nitrogen and oxygen atoms in total. The average molecular weight is 468 g/mol. The van der Waals surface area contributed by atoms with Crippen LogP contribution in [0.15, 0.2) is 82.6 Å². The van der Waals surface area contributed by atoms with Gasteiger partial charge in [0, 0.05) is 30.5 Å². The lowest BCUT2D eigenvalue weighted by Crippen LogP contribution is -2.42. The van der Waals surface area contributed by atoms with E-state index in [0.717, 1.165) is 44.3 Å². The number of likely N-dealkylation sites (tertiary alicyclic amines) is 1. The SMILES string of the molecule is N/C(=N\C(=O)Nc1cccc2ccc(=O)[nH]c12)C1CCCN(CCc2ccc3ccccc3c2)C1. The number of para-hydroxylation sites is 1. The highest BCUT2D eigenvalue weighted by molar-refractivity contribution is 6.04. The standard InChI is InChI=1S/C28H29N5O2/c29-27(32-28(35)30-24-9-3-7-21-12-13-25(34)31-26(21)24)23-8-4-15-33(18-23)16-14-19-10-11-20-5-1-2-6-22(20)17-19/h1-3,5-7,9-13,17,23H,4,8,14-16,18H2,(H,31,34)(H3,29,30,32,35). The van der Waals surface area contributed by atoms with Crippen molar-refractivity contribution < 1.29 is 4.79 Å². The fourth-order valence-corrected chi connectivity index (χ4v) is 4.82. The molecule has 1 saturated heterocycles. The molecule has 2 amide bonds. The molecule has 178 valence electrons. The van der Waals surface area contributed by atoms with Gasteiger partial charge in [0.2, 0.25) is 5.56 Å². The van der Waals surface area contributed by atoms with Crippen molar-refractivity contribution in [2.45, 2.75) is 19.3 Å². The van der Waals surface area contributed by atoms with Gasteiger partial charge in [-0.05, 0) is 54.3 Å². The molecule has 7 heteroatoms. The Balaban J connectivity index is 1.21. The van der Waals surface area contributed by atoms with E-state index in [1.807, 2.05) is 12.1 Å². The number of nitrogens with two attached hydrogens (primary N) is 1. The lowest BCUT2D eigenvalue weighted by atomic mass is 9.96. The maximum atomic E-state index is 12.6. The Hall–Kier alpha value is -3.97. The first kappa shape index (κ1) is 22.8. The number of nitrogens with zero attached hydrogens (tertiary/aromatic N) is 2. The highest BCUT2D eigenvalue weighted by Gasteiger charge is 2.23. The molecule has 4 N–H and O–H groups in total. The summed E-state index contributed by atoms with van der Waals surface area (Å²) in [6.45, 7) is 2.75. The maximum absolute atomic E-state index is 12.6. The number of nitrogens with one attached hydrogen (secondary N) is 2. The number of anilines is 1. The van der Waals surface area contributed by atoms with Crippen LogP contribution in [0.25, 0.3) is 21.7 Å². The van der Waals surface area contributed by atoms with Gasteiger partial charge in [0.05, 0.1) is 11.2 Å². The van der Waals surface area contributed by atoms with Crippen LogP contribution in [0, 0.1) is 5.92 Å². The molecule has 1 aromatic heterocycles. The molecule has 1 aliphatic heterocycles. The van der Waals surface area contributed by atoms with E-state index in [4.69, 9.17) is 5.73 Å². The number of pyridine rings is 1. The van der Waals surface area contributed by atoms with Gasteiger partial charge >= 0.3 is 6.03 Å². The molecular formula is C28H29N5O2. The van der Waals surface area contributed by atoms with Crippen LogP contribution in [0.4, 0.5) is 10.5 Å². The monoisotopic (exact) mass is 467 g/mol. The van der Waals surface area contributed by atoms with Crippen LogP contribution >= 0.6 is 0 Å². The minimum absolute atomic E-state index is 0.0402. The number of urea groups is 1. The Bertz CT molecular complexity index is 1460. The van der Waals surface area contributed by atoms with Crippen molar-refractivity contribution in [1.29, 1.82) is 0 Å². The zero-order valence-electron chi connectivity index (χ0n) is 19.5. The quantitative estimate of drug-likeness (QED) is 0.296. The van der Waals surface area contributed by atoms with Crippen LogP contribution in [0.3, 0.4) is 0 Å². The van der Waals surface area contributed by atoms with Crippen molar-refractivity contribution >= 4 is 39.2 Å². The van der Waals surface area contributed by atoms with Crippen molar-refractivity contribution in [3.8, 4) is 0 Å². The molecule has 0 saturated carbocycles. The number of rotatable bonds is 5. The van der Waals surface area contributed by atoms with Crippen LogP contribution in [0.5, 0.6) is 0 Å². The number of benzene rings is 3. The molecule has 0 spiro atoms. The second-order valence-electron chi connectivity index (χ2n) is 9.13. The van der Waals surface area contributed by atoms with Crippen LogP contribution in [-0.4, -0.2) is 41.4 Å². The molecule has 3 aromatic carbocycles. The summed E-state index contributed by atoms with van der Waals surface area (Å²) < 4.78 is 0. The Morgan fingerprint density at radius 2 is 1.83 bits per heavy atom. The number of carbonyl (C=O) groups is 1. The van der Waals surface area contributed by atoms with E-state index >= 15 is 0 Å². The number of fused-ring (bicyclic) bond motifs is 2. The molecule has 2 heterocycles. The number of aromatic amines is 1. The van der Waals surface area contributed by atoms with Gasteiger partial charge in [-0.1, -0.05) is 54.6 Å². The lowest BCUT2D eigenvalue weighted by molar-refractivity contribution is 0.206. The maximum Gasteiger partial charge on any atom is 0.347 e. The van der Waals surface area contributed by atoms with Gasteiger partial charge < -0.3 is 20.9 Å². The first-order chi connectivity index (χ1) is 17.0. The molecule has 0 bridgehead atoms. The highest BCUT2D eigenvalue weighted by Crippen LogP contribution is 2.21. The van der Waals surface area contributed by atoms with Crippen molar-refractivity contribution in [3.05, 3.63) is 88.7 Å². The predicted molar refractivity (Wildman–Crippen MR) is 142 cm³/mol. The fraction of sp³-hybridized carbons (Fsp3) is 0.250. The summed E-state index contributed by atoms with van der Waals surface area (Å²) in [5.41, 5.74) is 8.44. The van der Waals surface area contributed by atoms with Crippen molar-refractivity contribution in [2.75, 3.05) is 25.0 Å². The molecule has 1 aliphatic rings. The first-order valence-corrected chi connectivity index (χ1v) is 12.0. The summed E-state index contributed by atoms with van der Waals surface area (Å²) in [5, 5.41) is 6.11. The third-order valence-electron chi connectivity index (χ3n) is 6.69. The fourth-order valence-electron chi connectivity index (χ4n) is 4.82. The van der Waals surface area contributed by atoms with E-state index in [1.54, 1.807) is 12.1 Å². The summed E-state index contributed by atoms with van der Waals surface area (Å²) in [7, 11) is 0. The highest BCUT2D eigenvalue weighted by atomic mass is 16.2. The molecule has 1 fully saturated rings. The molecule has 0 aliphatic carbocycles. The third-order valence-corrected chi connectivity index (χ3v) is 6.69. The average Bonchev–Trinajstić information content (AvgIpc) is 2.88. The molecule has 0 radical (unpaired) electrons. The normalized spacial score (nSPS) is 17.0. The summed E-state index contributed by atoms with van der Waals surface area (Å²) in [5.74, 6) is 0.394. The molecule has 4 aromatic rings. The van der Waals surface area contributed by atoms with Gasteiger partial charge in [0.1, 0.15) is 5.84 Å². The lowest BCUT2D eigenvalue weighted by Gasteiger charge is -2.32. The number of carbonyl (C=O) groups excluding carboxylic acids is 1. The van der Waals surface area contributed by atoms with E-state index in [-0.39, 0.29) is 11.5 Å². The van der Waals surface area contributed by atoms with Gasteiger partial charge in [-0.2, -0.15) is 4.99 Å². The molecule has 35 heavy (non-hydrogen) atoms. The number of piperidine rings is 1. The number of aromatic nitrogens is 1. The van der Waals surface area contributed by atoms with Crippen LogP contribution in [0.2, 0.25) is 0 Å². The van der Waals surface area contributed by atoms with E-state index in [9.17, 15) is 9.59 Å². The topological polar surface area (TPSA) is 104 Å². The minimum Gasteiger partial charge on any atom is -0.387 e. The number of amides is 2. The summed E-state index contributed by atoms with van der Waals surface area (Å²) in [4.78, 5) is 33.6. The number of aliphatic imine (C=N–C) groups is 1. The van der Waals surface area contributed by atoms with Gasteiger partial charge in [-0.15, -0.1) is 0 Å². The van der Waals surface area contributed by atoms with Crippen molar-refractivity contribution in [2.24, 2.45) is 16.6 Å². The van der Waals surface area contributed by atoms with Crippen molar-refractivity contribution in [1.82, 2.24) is 9.88 Å². The second-order valence-corrected chi connectivity index (χ2v) is 9.13. The van der Waals surface area contributed by atoms with Crippen LogP contribution in [0.1, 0.15) is 18.4 Å². The Morgan fingerprint density at radius 3 is 2.71 bits per heavy atom. The van der Waals surface area contributed by atoms with E-state index in [1.165, 1.54) is 22.4 Å². The van der Waals surface area contributed by atoms with Crippen LogP contribution < -0.4 is 16.6 Å². The minimum atomic E-state index is -0.534. The summed E-state index contributed by atoms with van der Waals surface area (Å²) >= 11 is 0. The van der Waals surface area contributed by atoms with Gasteiger partial charge in [0.25, 0.3) is 0 Å². The number of hydrogen-bond acceptors (Lipinski definition) is 3. The second kappa shape index (κ2) is 10.1. The summed E-state index contributed by atoms with van der Waals surface area (Å²) in [6, 6.07) is 23.1. The van der Waals surface area contributed by atoms with Gasteiger partial charge in [-0.25, -0.2) is 4.79 Å². The molecule has 1 unspecified atom stereocenters. The zero-order valence-corrected chi connectivity index (χ0v) is 19.5.